The highest BCUT2D eigenvalue weighted by atomic mass is 19.1. The van der Waals surface area contributed by atoms with Gasteiger partial charge in [-0.15, -0.1) is 0 Å². The predicted molar refractivity (Wildman–Crippen MR) is 54.2 cm³/mol. The molecule has 3 nitrogen and oxygen atoms in total. The smallest absolute Gasteiger partial charge is 0.307 e. The molecule has 4 heteroatoms. The summed E-state index contributed by atoms with van der Waals surface area (Å²) in [7, 11) is 1.44. The fourth-order valence-corrected chi connectivity index (χ4v) is 1.23. The number of aliphatic carboxylic acids is 1. The second-order valence-corrected chi connectivity index (χ2v) is 3.02. The molecule has 0 amide bonds. The molecule has 0 radical (unpaired) electrons. The topological polar surface area (TPSA) is 46.5 Å². The molecular formula is C11H11FO3. The molecule has 0 unspecified atom stereocenters. The van der Waals surface area contributed by atoms with Gasteiger partial charge in [0.15, 0.2) is 0 Å². The normalized spacial score (nSPS) is 9.73. The lowest BCUT2D eigenvalue weighted by Crippen LogP contribution is -1.98. The van der Waals surface area contributed by atoms with Crippen LogP contribution in [-0.4, -0.2) is 18.2 Å². The van der Waals surface area contributed by atoms with Gasteiger partial charge >= 0.3 is 5.97 Å². The van der Waals surface area contributed by atoms with Gasteiger partial charge in [0.05, 0.1) is 13.5 Å². The van der Waals surface area contributed by atoms with Crippen molar-refractivity contribution in [3.63, 3.8) is 0 Å². The lowest BCUT2D eigenvalue weighted by Gasteiger charge is -2.09. The molecule has 0 saturated carbocycles. The van der Waals surface area contributed by atoms with E-state index in [-0.39, 0.29) is 6.42 Å². The third-order valence-electron chi connectivity index (χ3n) is 1.91. The Labute approximate surface area is 86.8 Å². The molecule has 15 heavy (non-hydrogen) atoms. The van der Waals surface area contributed by atoms with Crippen LogP contribution in [-0.2, 0) is 4.79 Å². The van der Waals surface area contributed by atoms with Crippen LogP contribution in [0.5, 0.6) is 5.75 Å². The summed E-state index contributed by atoms with van der Waals surface area (Å²) in [6.07, 6.45) is -0.236. The number of carbonyl (C=O) groups is 1. The molecule has 0 fully saturated rings. The highest BCUT2D eigenvalue weighted by Gasteiger charge is 2.10. The third-order valence-corrected chi connectivity index (χ3v) is 1.91. The highest BCUT2D eigenvalue weighted by Crippen LogP contribution is 2.27. The molecule has 0 spiro atoms. The van der Waals surface area contributed by atoms with E-state index in [1.165, 1.54) is 25.3 Å². The Bertz CT molecular complexity index is 399. The molecule has 1 aromatic carbocycles. The molecule has 0 heterocycles. The van der Waals surface area contributed by atoms with Gasteiger partial charge in [0, 0.05) is 5.56 Å². The van der Waals surface area contributed by atoms with Gasteiger partial charge < -0.3 is 9.84 Å². The van der Waals surface area contributed by atoms with Crippen molar-refractivity contribution in [2.24, 2.45) is 0 Å². The average Bonchev–Trinajstić information content (AvgIpc) is 2.16. The van der Waals surface area contributed by atoms with Crippen molar-refractivity contribution in [3.8, 4) is 5.75 Å². The fourth-order valence-electron chi connectivity index (χ4n) is 1.23. The van der Waals surface area contributed by atoms with E-state index in [2.05, 4.69) is 6.58 Å². The van der Waals surface area contributed by atoms with Crippen LogP contribution in [0.1, 0.15) is 12.0 Å². The van der Waals surface area contributed by atoms with E-state index >= 15 is 0 Å². The van der Waals surface area contributed by atoms with Crippen LogP contribution in [0.15, 0.2) is 24.8 Å². The summed E-state index contributed by atoms with van der Waals surface area (Å²) in [5, 5.41) is 8.58. The maximum atomic E-state index is 12.9. The number of ether oxygens (including phenoxy) is 1. The Hall–Kier alpha value is -1.84. The number of methoxy groups -OCH3 is 1. The maximum absolute atomic E-state index is 12.9. The van der Waals surface area contributed by atoms with Gasteiger partial charge in [-0.25, -0.2) is 4.39 Å². The van der Waals surface area contributed by atoms with Crippen LogP contribution in [0.2, 0.25) is 0 Å². The lowest BCUT2D eigenvalue weighted by atomic mass is 10.0. The molecule has 0 aromatic heterocycles. The van der Waals surface area contributed by atoms with Crippen LogP contribution in [0.4, 0.5) is 4.39 Å². The minimum Gasteiger partial charge on any atom is -0.496 e. The zero-order chi connectivity index (χ0) is 11.4. The largest absolute Gasteiger partial charge is 0.496 e. The van der Waals surface area contributed by atoms with E-state index in [0.29, 0.717) is 16.9 Å². The molecule has 0 aliphatic rings. The van der Waals surface area contributed by atoms with Gasteiger partial charge in [-0.2, -0.15) is 0 Å². The van der Waals surface area contributed by atoms with E-state index in [9.17, 15) is 9.18 Å². The molecule has 0 bridgehead atoms. The van der Waals surface area contributed by atoms with Crippen LogP contribution in [0, 0.1) is 5.82 Å². The van der Waals surface area contributed by atoms with Crippen LogP contribution in [0.25, 0.3) is 5.57 Å². The molecule has 1 N–H and O–H groups in total. The van der Waals surface area contributed by atoms with E-state index in [0.717, 1.165) is 0 Å². The predicted octanol–water partition coefficient (Wildman–Crippen LogP) is 2.32. The minimum absolute atomic E-state index is 0.236. The number of carboxylic acid groups (broad SMARTS) is 1. The van der Waals surface area contributed by atoms with E-state index in [4.69, 9.17) is 9.84 Å². The van der Waals surface area contributed by atoms with Crippen molar-refractivity contribution in [2.75, 3.05) is 7.11 Å². The number of hydrogen-bond donors (Lipinski definition) is 1. The van der Waals surface area contributed by atoms with Gasteiger partial charge in [-0.3, -0.25) is 4.79 Å². The van der Waals surface area contributed by atoms with Gasteiger partial charge in [0.2, 0.25) is 0 Å². The summed E-state index contributed by atoms with van der Waals surface area (Å²) < 4.78 is 17.9. The second kappa shape index (κ2) is 4.59. The summed E-state index contributed by atoms with van der Waals surface area (Å²) in [6, 6.07) is 3.90. The van der Waals surface area contributed by atoms with Crippen LogP contribution < -0.4 is 4.74 Å². The van der Waals surface area contributed by atoms with Crippen molar-refractivity contribution in [3.05, 3.63) is 36.2 Å². The van der Waals surface area contributed by atoms with Gasteiger partial charge in [0.1, 0.15) is 11.6 Å². The van der Waals surface area contributed by atoms with Gasteiger partial charge in [-0.05, 0) is 23.8 Å². The molecule has 0 atom stereocenters. The first-order valence-electron chi connectivity index (χ1n) is 4.28. The summed E-state index contributed by atoms with van der Waals surface area (Å²) >= 11 is 0. The molecule has 1 aromatic rings. The Balaban J connectivity index is 3.05. The molecule has 0 saturated heterocycles. The van der Waals surface area contributed by atoms with Crippen molar-refractivity contribution in [2.45, 2.75) is 6.42 Å². The standard InChI is InChI=1S/C11H11FO3/c1-7(5-11(13)14)9-6-8(12)3-4-10(9)15-2/h3-4,6H,1,5H2,2H3,(H,13,14). The summed E-state index contributed by atoms with van der Waals surface area (Å²) in [5.41, 5.74) is 0.707. The third kappa shape index (κ3) is 2.80. The molecule has 0 aliphatic heterocycles. The first-order chi connectivity index (χ1) is 7.04. The number of carboxylic acids is 1. The Morgan fingerprint density at radius 1 is 1.60 bits per heavy atom. The van der Waals surface area contributed by atoms with E-state index in [1.807, 2.05) is 0 Å². The van der Waals surface area contributed by atoms with Crippen LogP contribution in [0.3, 0.4) is 0 Å². The second-order valence-electron chi connectivity index (χ2n) is 3.02. The van der Waals surface area contributed by atoms with Crippen molar-refractivity contribution in [1.29, 1.82) is 0 Å². The molecule has 80 valence electrons. The van der Waals surface area contributed by atoms with E-state index in [1.54, 1.807) is 0 Å². The molecule has 1 rings (SSSR count). The molecular weight excluding hydrogens is 199 g/mol. The average molecular weight is 210 g/mol. The van der Waals surface area contributed by atoms with Crippen molar-refractivity contribution < 1.29 is 19.0 Å². The number of rotatable bonds is 4. The minimum atomic E-state index is -1.01. The van der Waals surface area contributed by atoms with Crippen LogP contribution >= 0.6 is 0 Å². The Kier molecular flexibility index (Phi) is 3.44. The summed E-state index contributed by atoms with van der Waals surface area (Å²) in [5.74, 6) is -1.04. The number of benzene rings is 1. The first kappa shape index (κ1) is 11.2. The zero-order valence-electron chi connectivity index (χ0n) is 8.29. The Morgan fingerprint density at radius 3 is 2.80 bits per heavy atom. The maximum Gasteiger partial charge on any atom is 0.307 e. The first-order valence-corrected chi connectivity index (χ1v) is 4.28. The zero-order valence-corrected chi connectivity index (χ0v) is 8.29. The van der Waals surface area contributed by atoms with Gasteiger partial charge in [0.25, 0.3) is 0 Å². The molecule has 0 aliphatic carbocycles. The highest BCUT2D eigenvalue weighted by molar-refractivity contribution is 5.84. The van der Waals surface area contributed by atoms with Gasteiger partial charge in [-0.1, -0.05) is 6.58 Å². The van der Waals surface area contributed by atoms with Crippen molar-refractivity contribution >= 4 is 11.5 Å². The van der Waals surface area contributed by atoms with E-state index < -0.39 is 11.8 Å². The summed E-state index contributed by atoms with van der Waals surface area (Å²) in [4.78, 5) is 10.5. The SMILES string of the molecule is C=C(CC(=O)O)c1cc(F)ccc1OC. The Morgan fingerprint density at radius 2 is 2.27 bits per heavy atom. The quantitative estimate of drug-likeness (QED) is 0.829. The summed E-state index contributed by atoms with van der Waals surface area (Å²) in [6.45, 7) is 3.59. The fraction of sp³-hybridized carbons (Fsp3) is 0.182. The lowest BCUT2D eigenvalue weighted by molar-refractivity contribution is -0.135. The van der Waals surface area contributed by atoms with Crippen molar-refractivity contribution in [1.82, 2.24) is 0 Å². The number of hydrogen-bond acceptors (Lipinski definition) is 2. The number of halogens is 1. The monoisotopic (exact) mass is 210 g/mol.